The fourth-order valence-electron chi connectivity index (χ4n) is 6.21. The fourth-order valence-corrected chi connectivity index (χ4v) is 6.21. The largest absolute Gasteiger partial charge is 0.478 e. The van der Waals surface area contributed by atoms with Crippen molar-refractivity contribution in [3.63, 3.8) is 0 Å². The second-order valence-electron chi connectivity index (χ2n) is 8.91. The van der Waals surface area contributed by atoms with Crippen LogP contribution >= 0.6 is 0 Å². The first-order chi connectivity index (χ1) is 13.1. The molecule has 4 aliphatic carbocycles. The highest BCUT2D eigenvalue weighted by molar-refractivity contribution is 5.87. The summed E-state index contributed by atoms with van der Waals surface area (Å²) in [5, 5.41) is 8.96. The molecule has 0 amide bonds. The molecule has 0 atom stereocenters. The number of aromatic carboxylic acids is 1. The van der Waals surface area contributed by atoms with Crippen molar-refractivity contribution in [3.8, 4) is 11.8 Å². The summed E-state index contributed by atoms with van der Waals surface area (Å²) in [6, 6.07) is 15.7. The lowest BCUT2D eigenvalue weighted by Gasteiger charge is -2.57. The third-order valence-electron chi connectivity index (χ3n) is 7.02. The minimum absolute atomic E-state index is 0.292. The molecule has 0 spiro atoms. The van der Waals surface area contributed by atoms with Crippen molar-refractivity contribution in [1.82, 2.24) is 0 Å². The van der Waals surface area contributed by atoms with E-state index in [-0.39, 0.29) is 0 Å². The molecule has 0 heterocycles. The van der Waals surface area contributed by atoms with Gasteiger partial charge in [0, 0.05) is 11.1 Å². The molecule has 1 N–H and O–H groups in total. The molecule has 0 unspecified atom stereocenters. The summed E-state index contributed by atoms with van der Waals surface area (Å²) in [6.45, 7) is 0. The molecular weight excluding hydrogens is 332 g/mol. The minimum Gasteiger partial charge on any atom is -0.478 e. The molecule has 2 heteroatoms. The summed E-state index contributed by atoms with van der Waals surface area (Å²) in [5.74, 6) is 8.33. The predicted molar refractivity (Wildman–Crippen MR) is 106 cm³/mol. The van der Waals surface area contributed by atoms with E-state index in [4.69, 9.17) is 5.11 Å². The molecule has 0 aliphatic heterocycles. The molecule has 4 saturated carbocycles. The third-order valence-corrected chi connectivity index (χ3v) is 7.02. The van der Waals surface area contributed by atoms with Crippen LogP contribution < -0.4 is 0 Å². The molecule has 2 aromatic rings. The van der Waals surface area contributed by atoms with Crippen molar-refractivity contribution in [2.75, 3.05) is 0 Å². The van der Waals surface area contributed by atoms with Crippen molar-refractivity contribution in [1.29, 1.82) is 0 Å². The van der Waals surface area contributed by atoms with E-state index in [0.29, 0.717) is 11.0 Å². The zero-order valence-corrected chi connectivity index (χ0v) is 15.4. The number of hydrogen-bond donors (Lipinski definition) is 1. The van der Waals surface area contributed by atoms with Gasteiger partial charge in [-0.3, -0.25) is 0 Å². The summed E-state index contributed by atoms with van der Waals surface area (Å²) in [6.07, 6.45) is 8.59. The van der Waals surface area contributed by atoms with Crippen LogP contribution in [0.5, 0.6) is 0 Å². The Morgan fingerprint density at radius 3 is 1.67 bits per heavy atom. The molecule has 0 saturated heterocycles. The van der Waals surface area contributed by atoms with E-state index in [1.807, 2.05) is 0 Å². The van der Waals surface area contributed by atoms with Crippen molar-refractivity contribution < 1.29 is 9.90 Å². The highest BCUT2D eigenvalue weighted by atomic mass is 16.4. The summed E-state index contributed by atoms with van der Waals surface area (Å²) in [7, 11) is 0. The van der Waals surface area contributed by atoms with Gasteiger partial charge in [0.25, 0.3) is 0 Å². The van der Waals surface area contributed by atoms with Gasteiger partial charge < -0.3 is 5.11 Å². The van der Waals surface area contributed by atoms with Crippen molar-refractivity contribution in [3.05, 3.63) is 70.8 Å². The Bertz CT molecular complexity index is 890. The molecular formula is C25H24O2. The lowest BCUT2D eigenvalue weighted by molar-refractivity contribution is -0.00519. The lowest BCUT2D eigenvalue weighted by atomic mass is 9.48. The fraction of sp³-hybridized carbons (Fsp3) is 0.400. The van der Waals surface area contributed by atoms with E-state index in [1.165, 1.54) is 44.1 Å². The molecule has 136 valence electrons. The van der Waals surface area contributed by atoms with Crippen molar-refractivity contribution in [2.45, 2.75) is 43.9 Å². The maximum atomic E-state index is 10.9. The Morgan fingerprint density at radius 2 is 1.22 bits per heavy atom. The zero-order chi connectivity index (χ0) is 18.4. The van der Waals surface area contributed by atoms with Crippen LogP contribution in [-0.4, -0.2) is 11.1 Å². The van der Waals surface area contributed by atoms with Crippen LogP contribution in [0, 0.1) is 29.6 Å². The van der Waals surface area contributed by atoms with Gasteiger partial charge in [-0.05, 0) is 104 Å². The third kappa shape index (κ3) is 3.06. The molecule has 2 aromatic carbocycles. The minimum atomic E-state index is -0.908. The predicted octanol–water partition coefficient (Wildman–Crippen LogP) is 5.25. The van der Waals surface area contributed by atoms with Crippen LogP contribution in [0.25, 0.3) is 0 Å². The van der Waals surface area contributed by atoms with Gasteiger partial charge in [-0.2, -0.15) is 0 Å². The standard InChI is InChI=1S/C25H24O2/c26-24(27)22-7-3-17(4-8-22)1-2-18-5-9-23(10-6-18)25-14-19-11-20(15-25)13-21(12-19)16-25/h3-10,19-21H,11-16H2,(H,26,27). The Hall–Kier alpha value is -2.53. The van der Waals surface area contributed by atoms with Crippen LogP contribution in [0.2, 0.25) is 0 Å². The molecule has 4 aliphatic rings. The highest BCUT2D eigenvalue weighted by Gasteiger charge is 2.51. The van der Waals surface area contributed by atoms with E-state index >= 15 is 0 Å². The van der Waals surface area contributed by atoms with Gasteiger partial charge in [0.05, 0.1) is 5.56 Å². The van der Waals surface area contributed by atoms with Gasteiger partial charge in [0.2, 0.25) is 0 Å². The first-order valence-electron chi connectivity index (χ1n) is 10.1. The molecule has 6 rings (SSSR count). The summed E-state index contributed by atoms with van der Waals surface area (Å²) < 4.78 is 0. The number of carboxylic acids is 1. The first kappa shape index (κ1) is 16.6. The number of benzene rings is 2. The average Bonchev–Trinajstić information content (AvgIpc) is 2.66. The van der Waals surface area contributed by atoms with Gasteiger partial charge in [0.15, 0.2) is 0 Å². The normalized spacial score (nSPS) is 30.6. The second kappa shape index (κ2) is 6.27. The van der Waals surface area contributed by atoms with Gasteiger partial charge in [-0.25, -0.2) is 4.79 Å². The van der Waals surface area contributed by atoms with E-state index < -0.39 is 5.97 Å². The van der Waals surface area contributed by atoms with Gasteiger partial charge >= 0.3 is 5.97 Å². The Morgan fingerprint density at radius 1 is 0.778 bits per heavy atom. The quantitative estimate of drug-likeness (QED) is 0.746. The summed E-state index contributed by atoms with van der Waals surface area (Å²) in [5.41, 5.74) is 4.11. The van der Waals surface area contributed by atoms with Gasteiger partial charge in [-0.1, -0.05) is 24.0 Å². The summed E-state index contributed by atoms with van der Waals surface area (Å²) in [4.78, 5) is 10.9. The topological polar surface area (TPSA) is 37.3 Å². The maximum absolute atomic E-state index is 10.9. The van der Waals surface area contributed by atoms with Crippen LogP contribution in [0.15, 0.2) is 48.5 Å². The Kier molecular flexibility index (Phi) is 3.86. The van der Waals surface area contributed by atoms with Crippen molar-refractivity contribution in [2.24, 2.45) is 17.8 Å². The molecule has 4 bridgehead atoms. The smallest absolute Gasteiger partial charge is 0.335 e. The van der Waals surface area contributed by atoms with Crippen molar-refractivity contribution >= 4 is 5.97 Å². The van der Waals surface area contributed by atoms with E-state index in [0.717, 1.165) is 28.9 Å². The zero-order valence-electron chi connectivity index (χ0n) is 15.4. The number of carboxylic acid groups (broad SMARTS) is 1. The van der Waals surface area contributed by atoms with Crippen LogP contribution in [0.3, 0.4) is 0 Å². The molecule has 4 fully saturated rings. The Labute approximate surface area is 160 Å². The lowest BCUT2D eigenvalue weighted by Crippen LogP contribution is -2.48. The number of carbonyl (C=O) groups is 1. The van der Waals surface area contributed by atoms with Crippen LogP contribution in [0.1, 0.15) is 65.6 Å². The highest BCUT2D eigenvalue weighted by Crippen LogP contribution is 2.60. The monoisotopic (exact) mass is 356 g/mol. The van der Waals surface area contributed by atoms with Gasteiger partial charge in [0.1, 0.15) is 0 Å². The molecule has 2 nitrogen and oxygen atoms in total. The number of hydrogen-bond acceptors (Lipinski definition) is 1. The maximum Gasteiger partial charge on any atom is 0.335 e. The van der Waals surface area contributed by atoms with E-state index in [2.05, 4.69) is 36.1 Å². The number of rotatable bonds is 2. The summed E-state index contributed by atoms with van der Waals surface area (Å²) >= 11 is 0. The van der Waals surface area contributed by atoms with Crippen LogP contribution in [0.4, 0.5) is 0 Å². The van der Waals surface area contributed by atoms with E-state index in [9.17, 15) is 4.79 Å². The Balaban J connectivity index is 1.35. The first-order valence-corrected chi connectivity index (χ1v) is 10.1. The SMILES string of the molecule is O=C(O)c1ccc(C#Cc2ccc(C34CC5CC(CC(C5)C3)C4)cc2)cc1. The average molecular weight is 356 g/mol. The van der Waals surface area contributed by atoms with E-state index in [1.54, 1.807) is 24.3 Å². The second-order valence-corrected chi connectivity index (χ2v) is 8.91. The van der Waals surface area contributed by atoms with Gasteiger partial charge in [-0.15, -0.1) is 0 Å². The molecule has 27 heavy (non-hydrogen) atoms. The molecule has 0 aromatic heterocycles. The molecule has 0 radical (unpaired) electrons. The van der Waals surface area contributed by atoms with Crippen LogP contribution in [-0.2, 0) is 5.41 Å².